The molecule has 0 bridgehead atoms. The molecular formula is C32H33Cl2N7O7. The van der Waals surface area contributed by atoms with Crippen molar-refractivity contribution in [2.45, 2.75) is 26.4 Å². The lowest BCUT2D eigenvalue weighted by Gasteiger charge is -2.39. The van der Waals surface area contributed by atoms with Crippen LogP contribution in [-0.2, 0) is 4.74 Å². The van der Waals surface area contributed by atoms with E-state index in [1.165, 1.54) is 26.6 Å². The third kappa shape index (κ3) is 7.89. The number of methoxy groups -OCH3 is 2. The van der Waals surface area contributed by atoms with Crippen molar-refractivity contribution in [3.8, 4) is 28.5 Å². The van der Waals surface area contributed by atoms with Gasteiger partial charge >= 0.3 is 6.09 Å². The Kier molecular flexibility index (Phi) is 10.2. The highest BCUT2D eigenvalue weighted by molar-refractivity contribution is 6.41. The molecule has 0 spiro atoms. The Hall–Kier alpha value is -5.08. The first-order chi connectivity index (χ1) is 22.9. The summed E-state index contributed by atoms with van der Waals surface area (Å²) in [5.74, 6) is 1.76. The summed E-state index contributed by atoms with van der Waals surface area (Å²) in [5, 5.41) is 18.6. The lowest BCUT2D eigenvalue weighted by Crippen LogP contribution is -2.53. The monoisotopic (exact) mass is 697 g/mol. The summed E-state index contributed by atoms with van der Waals surface area (Å²) in [6.07, 6.45) is 2.53. The summed E-state index contributed by atoms with van der Waals surface area (Å²) in [7, 11) is 2.95. The number of hydrogen-bond donors (Lipinski definition) is 2. The average Bonchev–Trinajstić information content (AvgIpc) is 3.02. The zero-order valence-electron chi connectivity index (χ0n) is 26.7. The molecule has 252 valence electrons. The largest absolute Gasteiger partial charge is 0.495 e. The first-order valence-corrected chi connectivity index (χ1v) is 15.4. The van der Waals surface area contributed by atoms with Crippen molar-refractivity contribution >= 4 is 58.0 Å². The third-order valence-corrected chi connectivity index (χ3v) is 7.84. The standard InChI is InChI=1S/C32H33Cl2N7O7/c1-32(2,3)48-31(42)40-14-18(15-40)16-47-19-8-9-21(23(11-19)41(43)44)38-26-12-22(36-17-37-26)20-7-6-10-35-30(20)39-29-27(33)24(45-4)13-25(46-5)28(29)34/h6-13,17-18H,14-16H2,1-5H3,(H,35,39)(H,36,37,38). The number of nitro groups is 1. The Balaban J connectivity index is 1.31. The molecule has 2 aromatic carbocycles. The predicted molar refractivity (Wildman–Crippen MR) is 181 cm³/mol. The number of amides is 1. The average molecular weight is 699 g/mol. The van der Waals surface area contributed by atoms with Crippen LogP contribution in [0.2, 0.25) is 10.0 Å². The van der Waals surface area contributed by atoms with Crippen molar-refractivity contribution in [3.05, 3.63) is 75.1 Å². The molecule has 0 atom stereocenters. The molecule has 2 aromatic heterocycles. The van der Waals surface area contributed by atoms with Crippen molar-refractivity contribution < 1.29 is 28.7 Å². The van der Waals surface area contributed by atoms with E-state index in [1.807, 2.05) is 20.8 Å². The fraction of sp³-hybridized carbons (Fsp3) is 0.312. The maximum atomic E-state index is 12.2. The minimum atomic E-state index is -0.574. The van der Waals surface area contributed by atoms with Gasteiger partial charge in [0.15, 0.2) is 0 Å². The van der Waals surface area contributed by atoms with E-state index in [0.29, 0.717) is 65.5 Å². The number of carbonyl (C=O) groups excluding carboxylic acids is 1. The topological polar surface area (TPSA) is 163 Å². The summed E-state index contributed by atoms with van der Waals surface area (Å²) < 4.78 is 21.9. The van der Waals surface area contributed by atoms with E-state index in [-0.39, 0.29) is 33.4 Å². The Morgan fingerprint density at radius 1 is 1.02 bits per heavy atom. The van der Waals surface area contributed by atoms with Crippen LogP contribution in [0.15, 0.2) is 55.0 Å². The molecule has 4 aromatic rings. The van der Waals surface area contributed by atoms with Crippen LogP contribution in [0, 0.1) is 16.0 Å². The maximum Gasteiger partial charge on any atom is 0.410 e. The van der Waals surface area contributed by atoms with Gasteiger partial charge in [-0.2, -0.15) is 0 Å². The number of carbonyl (C=O) groups is 1. The molecule has 1 fully saturated rings. The number of nitro benzene ring substituents is 1. The van der Waals surface area contributed by atoms with Gasteiger partial charge in [-0.25, -0.2) is 19.7 Å². The molecule has 1 aliphatic rings. The van der Waals surface area contributed by atoms with Crippen molar-refractivity contribution in [1.82, 2.24) is 19.9 Å². The second kappa shape index (κ2) is 14.4. The van der Waals surface area contributed by atoms with Gasteiger partial charge in [0.1, 0.15) is 56.5 Å². The molecule has 3 heterocycles. The number of nitrogens with zero attached hydrogens (tertiary/aromatic N) is 5. The zero-order chi connectivity index (χ0) is 34.6. The molecule has 1 saturated heterocycles. The van der Waals surface area contributed by atoms with Crippen molar-refractivity contribution in [2.75, 3.05) is 44.5 Å². The minimum absolute atomic E-state index is 0.0821. The normalized spacial score (nSPS) is 12.9. The second-order valence-electron chi connectivity index (χ2n) is 11.7. The molecule has 0 saturated carbocycles. The number of likely N-dealkylation sites (tertiary alicyclic amines) is 1. The summed E-state index contributed by atoms with van der Waals surface area (Å²) in [5.41, 5.74) is 0.748. The van der Waals surface area contributed by atoms with Gasteiger partial charge in [0.25, 0.3) is 5.69 Å². The first kappa shape index (κ1) is 34.3. The van der Waals surface area contributed by atoms with E-state index in [0.717, 1.165) is 0 Å². The number of ether oxygens (including phenoxy) is 4. The lowest BCUT2D eigenvalue weighted by atomic mass is 10.0. The van der Waals surface area contributed by atoms with Crippen LogP contribution in [-0.4, -0.2) is 70.4 Å². The number of pyridine rings is 1. The summed E-state index contributed by atoms with van der Waals surface area (Å²) in [4.78, 5) is 38.4. The summed E-state index contributed by atoms with van der Waals surface area (Å²) in [6, 6.07) is 11.2. The van der Waals surface area contributed by atoms with Gasteiger partial charge in [0.2, 0.25) is 0 Å². The zero-order valence-corrected chi connectivity index (χ0v) is 28.3. The van der Waals surface area contributed by atoms with E-state index in [4.69, 9.17) is 42.1 Å². The molecule has 0 aliphatic carbocycles. The molecule has 1 amide bonds. The van der Waals surface area contributed by atoms with Crippen LogP contribution in [0.3, 0.4) is 0 Å². The SMILES string of the molecule is COc1cc(OC)c(Cl)c(Nc2ncccc2-c2cc(Nc3ccc(OCC4CN(C(=O)OC(C)(C)C)C4)cc3[N+](=O)[O-])ncn2)c1Cl. The smallest absolute Gasteiger partial charge is 0.410 e. The summed E-state index contributed by atoms with van der Waals surface area (Å²) >= 11 is 13.1. The number of anilines is 4. The van der Waals surface area contributed by atoms with E-state index < -0.39 is 10.5 Å². The molecule has 5 rings (SSSR count). The molecule has 14 nitrogen and oxygen atoms in total. The lowest BCUT2D eigenvalue weighted by molar-refractivity contribution is -0.384. The predicted octanol–water partition coefficient (Wildman–Crippen LogP) is 7.50. The van der Waals surface area contributed by atoms with Gasteiger partial charge < -0.3 is 34.5 Å². The number of hydrogen-bond acceptors (Lipinski definition) is 12. The number of benzene rings is 2. The van der Waals surface area contributed by atoms with Gasteiger partial charge in [-0.15, -0.1) is 0 Å². The van der Waals surface area contributed by atoms with Crippen molar-refractivity contribution in [3.63, 3.8) is 0 Å². The van der Waals surface area contributed by atoms with Crippen molar-refractivity contribution in [2.24, 2.45) is 5.92 Å². The minimum Gasteiger partial charge on any atom is -0.495 e. The van der Waals surface area contributed by atoms with Crippen LogP contribution < -0.4 is 24.8 Å². The van der Waals surface area contributed by atoms with Gasteiger partial charge in [-0.1, -0.05) is 23.2 Å². The van der Waals surface area contributed by atoms with Gasteiger partial charge in [-0.05, 0) is 45.0 Å². The third-order valence-electron chi connectivity index (χ3n) is 7.09. The number of nitrogens with one attached hydrogen (secondary N) is 2. The molecule has 16 heteroatoms. The number of rotatable bonds is 11. The van der Waals surface area contributed by atoms with Crippen LogP contribution >= 0.6 is 23.2 Å². The molecule has 0 unspecified atom stereocenters. The van der Waals surface area contributed by atoms with E-state index in [2.05, 4.69) is 25.6 Å². The number of halogens is 2. The Labute approximate surface area is 286 Å². The molecule has 1 aliphatic heterocycles. The molecule has 48 heavy (non-hydrogen) atoms. The molecular weight excluding hydrogens is 665 g/mol. The fourth-order valence-corrected chi connectivity index (χ4v) is 5.35. The van der Waals surface area contributed by atoms with Gasteiger partial charge in [0.05, 0.1) is 43.2 Å². The van der Waals surface area contributed by atoms with Crippen LogP contribution in [0.5, 0.6) is 17.2 Å². The van der Waals surface area contributed by atoms with E-state index in [1.54, 1.807) is 47.5 Å². The highest BCUT2D eigenvalue weighted by Gasteiger charge is 2.34. The molecule has 0 radical (unpaired) electrons. The van der Waals surface area contributed by atoms with E-state index >= 15 is 0 Å². The first-order valence-electron chi connectivity index (χ1n) is 14.7. The highest BCUT2D eigenvalue weighted by atomic mass is 35.5. The Morgan fingerprint density at radius 3 is 2.38 bits per heavy atom. The maximum absolute atomic E-state index is 12.2. The van der Waals surface area contributed by atoms with Crippen LogP contribution in [0.25, 0.3) is 11.3 Å². The second-order valence-corrected chi connectivity index (χ2v) is 12.5. The quantitative estimate of drug-likeness (QED) is 0.117. The van der Waals surface area contributed by atoms with Crippen molar-refractivity contribution in [1.29, 1.82) is 0 Å². The Bertz CT molecular complexity index is 1800. The van der Waals surface area contributed by atoms with Crippen LogP contribution in [0.1, 0.15) is 20.8 Å². The Morgan fingerprint density at radius 2 is 1.73 bits per heavy atom. The molecule has 2 N–H and O–H groups in total. The van der Waals surface area contributed by atoms with Gasteiger partial charge in [0, 0.05) is 42.9 Å². The van der Waals surface area contributed by atoms with E-state index in [9.17, 15) is 14.9 Å². The fourth-order valence-electron chi connectivity index (χ4n) is 4.76. The highest BCUT2D eigenvalue weighted by Crippen LogP contribution is 2.46. The summed E-state index contributed by atoms with van der Waals surface area (Å²) in [6.45, 7) is 6.68. The van der Waals surface area contributed by atoms with Gasteiger partial charge in [-0.3, -0.25) is 10.1 Å². The number of aromatic nitrogens is 3. The van der Waals surface area contributed by atoms with Crippen LogP contribution in [0.4, 0.5) is 33.5 Å².